The van der Waals surface area contributed by atoms with Gasteiger partial charge in [-0.2, -0.15) is 9.50 Å². The molecule has 4 N–H and O–H groups in total. The zero-order chi connectivity index (χ0) is 20.3. The van der Waals surface area contributed by atoms with E-state index in [0.717, 1.165) is 11.3 Å². The van der Waals surface area contributed by atoms with Crippen molar-refractivity contribution in [1.82, 2.24) is 30.2 Å². The number of nitrogens with one attached hydrogen (secondary N) is 2. The highest BCUT2D eigenvalue weighted by molar-refractivity contribution is 6.30. The van der Waals surface area contributed by atoms with Gasteiger partial charge in [-0.25, -0.2) is 4.98 Å². The first-order valence-corrected chi connectivity index (χ1v) is 9.01. The number of nitrogen functional groups attached to an aromatic ring is 1. The number of carbonyl (C=O) groups is 2. The maximum atomic E-state index is 12.3. The van der Waals surface area contributed by atoms with E-state index in [-0.39, 0.29) is 24.2 Å². The number of carbonyl (C=O) groups excluding carboxylic acids is 2. The van der Waals surface area contributed by atoms with Crippen LogP contribution in [0.1, 0.15) is 27.3 Å². The quantitative estimate of drug-likeness (QED) is 0.530. The van der Waals surface area contributed by atoms with Crippen LogP contribution in [0.4, 0.5) is 5.95 Å². The average molecular weight is 402 g/mol. The molecule has 146 valence electrons. The number of halogens is 1. The van der Waals surface area contributed by atoms with Crippen LogP contribution in [0, 0.1) is 13.8 Å². The van der Waals surface area contributed by atoms with E-state index in [4.69, 9.17) is 17.3 Å². The molecular formula is C18H20ClN7O2. The summed E-state index contributed by atoms with van der Waals surface area (Å²) in [5.41, 5.74) is 8.34. The largest absolute Gasteiger partial charge is 0.366 e. The molecule has 0 radical (unpaired) electrons. The van der Waals surface area contributed by atoms with Crippen LogP contribution in [-0.2, 0) is 11.2 Å². The minimum Gasteiger partial charge on any atom is -0.366 e. The second-order valence-corrected chi connectivity index (χ2v) is 6.67. The SMILES string of the molecule is Cc1nc2nc(N)nn2c(C)c1CC(=O)NCCNC(=O)c1ccc(Cl)cc1. The van der Waals surface area contributed by atoms with Gasteiger partial charge in [-0.3, -0.25) is 9.59 Å². The van der Waals surface area contributed by atoms with Crippen molar-refractivity contribution in [2.45, 2.75) is 20.3 Å². The van der Waals surface area contributed by atoms with Crippen molar-refractivity contribution in [1.29, 1.82) is 0 Å². The number of amides is 2. The van der Waals surface area contributed by atoms with Crippen molar-refractivity contribution in [3.05, 3.63) is 51.8 Å². The molecule has 0 spiro atoms. The molecule has 1 aromatic carbocycles. The standard InChI is InChI=1S/C18H20ClN7O2/c1-10-14(11(2)26-18(23-10)24-17(20)25-26)9-15(27)21-7-8-22-16(28)12-3-5-13(19)6-4-12/h3-6H,7-9H2,1-2H3,(H2,20,25)(H,21,27)(H,22,28). The van der Waals surface area contributed by atoms with E-state index < -0.39 is 0 Å². The second-order valence-electron chi connectivity index (χ2n) is 6.23. The highest BCUT2D eigenvalue weighted by Gasteiger charge is 2.15. The summed E-state index contributed by atoms with van der Waals surface area (Å²) in [5, 5.41) is 10.2. The molecule has 0 aliphatic heterocycles. The van der Waals surface area contributed by atoms with Crippen LogP contribution in [-0.4, -0.2) is 44.5 Å². The zero-order valence-electron chi connectivity index (χ0n) is 15.5. The average Bonchev–Trinajstić information content (AvgIpc) is 3.03. The number of anilines is 1. The third-order valence-corrected chi connectivity index (χ3v) is 4.49. The van der Waals surface area contributed by atoms with Crippen LogP contribution in [0.25, 0.3) is 5.78 Å². The molecule has 0 bridgehead atoms. The van der Waals surface area contributed by atoms with E-state index in [2.05, 4.69) is 25.7 Å². The highest BCUT2D eigenvalue weighted by Crippen LogP contribution is 2.14. The molecule has 2 heterocycles. The van der Waals surface area contributed by atoms with Crippen molar-refractivity contribution in [3.8, 4) is 0 Å². The molecule has 0 saturated heterocycles. The van der Waals surface area contributed by atoms with Crippen molar-refractivity contribution >= 4 is 35.1 Å². The lowest BCUT2D eigenvalue weighted by atomic mass is 10.1. The van der Waals surface area contributed by atoms with Crippen molar-refractivity contribution in [2.75, 3.05) is 18.8 Å². The lowest BCUT2D eigenvalue weighted by Crippen LogP contribution is -2.35. The molecule has 0 atom stereocenters. The van der Waals surface area contributed by atoms with Gasteiger partial charge in [0.25, 0.3) is 11.7 Å². The van der Waals surface area contributed by atoms with Crippen LogP contribution in [0.3, 0.4) is 0 Å². The van der Waals surface area contributed by atoms with Crippen molar-refractivity contribution in [2.24, 2.45) is 0 Å². The van der Waals surface area contributed by atoms with Gasteiger partial charge < -0.3 is 16.4 Å². The van der Waals surface area contributed by atoms with Crippen LogP contribution in [0.5, 0.6) is 0 Å². The molecule has 0 fully saturated rings. The number of hydrogen-bond donors (Lipinski definition) is 3. The van der Waals surface area contributed by atoms with Gasteiger partial charge in [-0.15, -0.1) is 5.10 Å². The van der Waals surface area contributed by atoms with Gasteiger partial charge in [0, 0.05) is 40.6 Å². The van der Waals surface area contributed by atoms with Crippen LogP contribution in [0.2, 0.25) is 5.02 Å². The van der Waals surface area contributed by atoms with E-state index >= 15 is 0 Å². The molecule has 0 aliphatic rings. The van der Waals surface area contributed by atoms with Crippen LogP contribution >= 0.6 is 11.6 Å². The van der Waals surface area contributed by atoms with Gasteiger partial charge in [0.05, 0.1) is 6.42 Å². The summed E-state index contributed by atoms with van der Waals surface area (Å²) >= 11 is 5.80. The summed E-state index contributed by atoms with van der Waals surface area (Å²) < 4.78 is 1.53. The Kier molecular flexibility index (Phi) is 5.74. The minimum absolute atomic E-state index is 0.132. The second kappa shape index (κ2) is 8.22. The summed E-state index contributed by atoms with van der Waals surface area (Å²) in [6.45, 7) is 4.27. The topological polar surface area (TPSA) is 127 Å². The van der Waals surface area contributed by atoms with Crippen molar-refractivity contribution in [3.63, 3.8) is 0 Å². The Hall–Kier alpha value is -3.20. The van der Waals surface area contributed by atoms with Gasteiger partial charge in [0.1, 0.15) is 0 Å². The minimum atomic E-state index is -0.226. The molecule has 10 heteroatoms. The predicted molar refractivity (Wildman–Crippen MR) is 105 cm³/mol. The molecule has 0 saturated carbocycles. The van der Waals surface area contributed by atoms with E-state index in [1.165, 1.54) is 4.52 Å². The predicted octanol–water partition coefficient (Wildman–Crippen LogP) is 1.07. The van der Waals surface area contributed by atoms with E-state index in [9.17, 15) is 9.59 Å². The Morgan fingerprint density at radius 1 is 1.11 bits per heavy atom. The Labute approximate surface area is 166 Å². The van der Waals surface area contributed by atoms with E-state index in [1.54, 1.807) is 24.3 Å². The summed E-state index contributed by atoms with van der Waals surface area (Å²) in [6.07, 6.45) is 0.144. The number of fused-ring (bicyclic) bond motifs is 1. The van der Waals surface area contributed by atoms with Crippen LogP contribution < -0.4 is 16.4 Å². The smallest absolute Gasteiger partial charge is 0.254 e. The fourth-order valence-corrected chi connectivity index (χ4v) is 2.91. The summed E-state index contributed by atoms with van der Waals surface area (Å²) in [4.78, 5) is 32.6. The fraction of sp³-hybridized carbons (Fsp3) is 0.278. The van der Waals surface area contributed by atoms with Crippen LogP contribution in [0.15, 0.2) is 24.3 Å². The fourth-order valence-electron chi connectivity index (χ4n) is 2.78. The Balaban J connectivity index is 1.53. The number of rotatable bonds is 6. The van der Waals surface area contributed by atoms with Gasteiger partial charge in [-0.05, 0) is 38.1 Å². The molecule has 28 heavy (non-hydrogen) atoms. The maximum Gasteiger partial charge on any atom is 0.254 e. The maximum absolute atomic E-state index is 12.3. The number of nitrogens with zero attached hydrogens (tertiary/aromatic N) is 4. The van der Waals surface area contributed by atoms with E-state index in [1.807, 2.05) is 13.8 Å². The molecule has 2 amide bonds. The van der Waals surface area contributed by atoms with Gasteiger partial charge in [0.2, 0.25) is 11.9 Å². The summed E-state index contributed by atoms with van der Waals surface area (Å²) in [7, 11) is 0. The monoisotopic (exact) mass is 401 g/mol. The Bertz CT molecular complexity index is 1030. The first-order valence-electron chi connectivity index (χ1n) is 8.64. The molecule has 9 nitrogen and oxygen atoms in total. The number of aromatic nitrogens is 4. The molecule has 3 rings (SSSR count). The molecular weight excluding hydrogens is 382 g/mol. The molecule has 2 aromatic heterocycles. The van der Waals surface area contributed by atoms with E-state index in [0.29, 0.717) is 35.1 Å². The van der Waals surface area contributed by atoms with Gasteiger partial charge in [-0.1, -0.05) is 11.6 Å². The molecule has 3 aromatic rings. The first kappa shape index (κ1) is 19.6. The Morgan fingerprint density at radius 3 is 2.50 bits per heavy atom. The summed E-state index contributed by atoms with van der Waals surface area (Å²) in [5.74, 6) is 0.131. The number of hydrogen-bond acceptors (Lipinski definition) is 6. The lowest BCUT2D eigenvalue weighted by molar-refractivity contribution is -0.120. The zero-order valence-corrected chi connectivity index (χ0v) is 16.2. The normalized spacial score (nSPS) is 10.8. The molecule has 0 unspecified atom stereocenters. The first-order chi connectivity index (χ1) is 13.3. The highest BCUT2D eigenvalue weighted by atomic mass is 35.5. The number of benzene rings is 1. The van der Waals surface area contributed by atoms with Gasteiger partial charge in [0.15, 0.2) is 0 Å². The van der Waals surface area contributed by atoms with Crippen molar-refractivity contribution < 1.29 is 9.59 Å². The lowest BCUT2D eigenvalue weighted by Gasteiger charge is -2.11. The third kappa shape index (κ3) is 4.37. The number of nitrogens with two attached hydrogens (primary N) is 1. The Morgan fingerprint density at radius 2 is 1.79 bits per heavy atom. The molecule has 0 aliphatic carbocycles. The summed E-state index contributed by atoms with van der Waals surface area (Å²) in [6, 6.07) is 6.58. The van der Waals surface area contributed by atoms with Gasteiger partial charge >= 0.3 is 0 Å². The number of aryl methyl sites for hydroxylation is 2. The third-order valence-electron chi connectivity index (χ3n) is 4.24.